The minimum atomic E-state index is -0.171. The molecule has 0 unspecified atom stereocenters. The van der Waals surface area contributed by atoms with Gasteiger partial charge in [-0.15, -0.1) is 11.3 Å². The number of nitrogens with zero attached hydrogens (tertiary/aromatic N) is 1. The number of hydrogen-bond acceptors (Lipinski definition) is 5. The molecule has 3 N–H and O–H groups in total. The summed E-state index contributed by atoms with van der Waals surface area (Å²) in [5.41, 5.74) is 6.45. The molecule has 0 aromatic carbocycles. The SMILES string of the molecule is CCOCCNC(=O)c1sc2ncccc2c1N. The molecule has 0 radical (unpaired) electrons. The van der Waals surface area contributed by atoms with Crippen molar-refractivity contribution in [1.82, 2.24) is 10.3 Å². The minimum absolute atomic E-state index is 0.171. The van der Waals surface area contributed by atoms with Gasteiger partial charge in [-0.1, -0.05) is 0 Å². The van der Waals surface area contributed by atoms with Gasteiger partial charge in [0.1, 0.15) is 9.71 Å². The summed E-state index contributed by atoms with van der Waals surface area (Å²) in [6.07, 6.45) is 1.69. The van der Waals surface area contributed by atoms with Crippen LogP contribution in [-0.4, -0.2) is 30.6 Å². The number of nitrogens with one attached hydrogen (secondary N) is 1. The van der Waals surface area contributed by atoms with Crippen molar-refractivity contribution >= 4 is 33.1 Å². The largest absolute Gasteiger partial charge is 0.397 e. The zero-order chi connectivity index (χ0) is 13.0. The molecule has 5 nitrogen and oxygen atoms in total. The monoisotopic (exact) mass is 265 g/mol. The molecular formula is C12H15N3O2S. The van der Waals surface area contributed by atoms with E-state index in [4.69, 9.17) is 10.5 Å². The van der Waals surface area contributed by atoms with E-state index in [0.29, 0.717) is 30.3 Å². The highest BCUT2D eigenvalue weighted by Gasteiger charge is 2.16. The van der Waals surface area contributed by atoms with Gasteiger partial charge in [0.25, 0.3) is 5.91 Å². The Bertz CT molecular complexity index is 553. The molecule has 0 atom stereocenters. The number of thiophene rings is 1. The summed E-state index contributed by atoms with van der Waals surface area (Å²) in [5, 5.41) is 3.61. The second kappa shape index (κ2) is 5.79. The van der Waals surface area contributed by atoms with Crippen molar-refractivity contribution in [2.75, 3.05) is 25.5 Å². The second-order valence-corrected chi connectivity index (χ2v) is 4.65. The third-order valence-electron chi connectivity index (χ3n) is 2.45. The first-order chi connectivity index (χ1) is 8.74. The first-order valence-corrected chi connectivity index (χ1v) is 6.54. The topological polar surface area (TPSA) is 77.2 Å². The van der Waals surface area contributed by atoms with Gasteiger partial charge < -0.3 is 15.8 Å². The summed E-state index contributed by atoms with van der Waals surface area (Å²) < 4.78 is 5.15. The molecule has 2 heterocycles. The molecule has 0 spiro atoms. The fourth-order valence-electron chi connectivity index (χ4n) is 1.58. The first kappa shape index (κ1) is 12.8. The summed E-state index contributed by atoms with van der Waals surface area (Å²) in [7, 11) is 0. The number of amides is 1. The van der Waals surface area contributed by atoms with Crippen LogP contribution in [0.2, 0.25) is 0 Å². The van der Waals surface area contributed by atoms with E-state index < -0.39 is 0 Å². The van der Waals surface area contributed by atoms with E-state index >= 15 is 0 Å². The minimum Gasteiger partial charge on any atom is -0.397 e. The molecule has 1 amide bonds. The molecular weight excluding hydrogens is 250 g/mol. The molecule has 18 heavy (non-hydrogen) atoms. The van der Waals surface area contributed by atoms with E-state index in [2.05, 4.69) is 10.3 Å². The number of rotatable bonds is 5. The van der Waals surface area contributed by atoms with Crippen molar-refractivity contribution in [3.63, 3.8) is 0 Å². The second-order valence-electron chi connectivity index (χ2n) is 3.65. The average molecular weight is 265 g/mol. The molecule has 2 aromatic rings. The number of nitrogens with two attached hydrogens (primary N) is 1. The van der Waals surface area contributed by atoms with E-state index in [1.54, 1.807) is 6.20 Å². The zero-order valence-corrected chi connectivity index (χ0v) is 10.9. The first-order valence-electron chi connectivity index (χ1n) is 5.73. The van der Waals surface area contributed by atoms with Crippen LogP contribution < -0.4 is 11.1 Å². The van der Waals surface area contributed by atoms with Gasteiger partial charge in [-0.2, -0.15) is 0 Å². The van der Waals surface area contributed by atoms with Crippen LogP contribution in [0, 0.1) is 0 Å². The van der Waals surface area contributed by atoms with Gasteiger partial charge in [-0.05, 0) is 19.1 Å². The standard InChI is InChI=1S/C12H15N3O2S/c1-2-17-7-6-14-11(16)10-9(13)8-4-3-5-15-12(8)18-10/h3-5H,2,6-7,13H2,1H3,(H,14,16). The van der Waals surface area contributed by atoms with Gasteiger partial charge in [0, 0.05) is 24.7 Å². The smallest absolute Gasteiger partial charge is 0.263 e. The van der Waals surface area contributed by atoms with Crippen molar-refractivity contribution in [1.29, 1.82) is 0 Å². The van der Waals surface area contributed by atoms with Crippen molar-refractivity contribution in [3.05, 3.63) is 23.2 Å². The van der Waals surface area contributed by atoms with E-state index in [1.165, 1.54) is 11.3 Å². The van der Waals surface area contributed by atoms with Crippen molar-refractivity contribution in [3.8, 4) is 0 Å². The fraction of sp³-hybridized carbons (Fsp3) is 0.333. The molecule has 0 aliphatic carbocycles. The number of ether oxygens (including phenoxy) is 1. The Labute approximate surface area is 109 Å². The molecule has 2 rings (SSSR count). The quantitative estimate of drug-likeness (QED) is 0.806. The van der Waals surface area contributed by atoms with Crippen LogP contribution in [0.15, 0.2) is 18.3 Å². The van der Waals surface area contributed by atoms with Crippen LogP contribution in [0.1, 0.15) is 16.6 Å². The summed E-state index contributed by atoms with van der Waals surface area (Å²) in [4.78, 5) is 17.4. The van der Waals surface area contributed by atoms with E-state index in [9.17, 15) is 4.79 Å². The van der Waals surface area contributed by atoms with Crippen LogP contribution in [0.5, 0.6) is 0 Å². The number of fused-ring (bicyclic) bond motifs is 1. The van der Waals surface area contributed by atoms with Gasteiger partial charge in [-0.3, -0.25) is 4.79 Å². The third-order valence-corrected chi connectivity index (χ3v) is 3.58. The lowest BCUT2D eigenvalue weighted by Gasteiger charge is -2.04. The predicted octanol–water partition coefficient (Wildman–Crippen LogP) is 1.64. The Hall–Kier alpha value is -1.66. The lowest BCUT2D eigenvalue weighted by molar-refractivity contribution is 0.0927. The number of anilines is 1. The van der Waals surface area contributed by atoms with Crippen molar-refractivity contribution in [2.24, 2.45) is 0 Å². The van der Waals surface area contributed by atoms with Gasteiger partial charge in [0.05, 0.1) is 12.3 Å². The number of pyridine rings is 1. The molecule has 96 valence electrons. The normalized spacial score (nSPS) is 10.7. The molecule has 0 fully saturated rings. The maximum absolute atomic E-state index is 11.9. The van der Waals surface area contributed by atoms with Crippen LogP contribution in [0.4, 0.5) is 5.69 Å². The fourth-order valence-corrected chi connectivity index (χ4v) is 2.56. The predicted molar refractivity (Wildman–Crippen MR) is 72.9 cm³/mol. The Morgan fingerprint density at radius 2 is 2.44 bits per heavy atom. The van der Waals surface area contributed by atoms with E-state index in [1.807, 2.05) is 19.1 Å². The Morgan fingerprint density at radius 3 is 3.17 bits per heavy atom. The number of carbonyl (C=O) groups is 1. The zero-order valence-electron chi connectivity index (χ0n) is 10.1. The van der Waals surface area contributed by atoms with Gasteiger partial charge in [-0.25, -0.2) is 4.98 Å². The highest BCUT2D eigenvalue weighted by atomic mass is 32.1. The Balaban J connectivity index is 2.10. The van der Waals surface area contributed by atoms with Gasteiger partial charge in [0.2, 0.25) is 0 Å². The molecule has 0 aliphatic rings. The van der Waals surface area contributed by atoms with Crippen LogP contribution >= 0.6 is 11.3 Å². The van der Waals surface area contributed by atoms with Gasteiger partial charge >= 0.3 is 0 Å². The molecule has 6 heteroatoms. The lowest BCUT2D eigenvalue weighted by Crippen LogP contribution is -2.27. The maximum Gasteiger partial charge on any atom is 0.263 e. The van der Waals surface area contributed by atoms with Crippen molar-refractivity contribution in [2.45, 2.75) is 6.92 Å². The van der Waals surface area contributed by atoms with E-state index in [-0.39, 0.29) is 5.91 Å². The Kier molecular flexibility index (Phi) is 4.11. The molecule has 2 aromatic heterocycles. The van der Waals surface area contributed by atoms with Crippen LogP contribution in [0.25, 0.3) is 10.2 Å². The molecule has 0 saturated carbocycles. The highest BCUT2D eigenvalue weighted by molar-refractivity contribution is 7.21. The lowest BCUT2D eigenvalue weighted by atomic mass is 10.2. The summed E-state index contributed by atoms with van der Waals surface area (Å²) in [6, 6.07) is 3.67. The number of nitrogen functional groups attached to an aromatic ring is 1. The molecule has 0 aliphatic heterocycles. The summed E-state index contributed by atoms with van der Waals surface area (Å²) in [5.74, 6) is -0.171. The Morgan fingerprint density at radius 1 is 1.61 bits per heavy atom. The van der Waals surface area contributed by atoms with Crippen molar-refractivity contribution < 1.29 is 9.53 Å². The van der Waals surface area contributed by atoms with Crippen LogP contribution in [-0.2, 0) is 4.74 Å². The average Bonchev–Trinajstić information content (AvgIpc) is 2.73. The number of aromatic nitrogens is 1. The number of carbonyl (C=O) groups excluding carboxylic acids is 1. The maximum atomic E-state index is 11.9. The summed E-state index contributed by atoms with van der Waals surface area (Å²) >= 11 is 1.31. The highest BCUT2D eigenvalue weighted by Crippen LogP contribution is 2.31. The third kappa shape index (κ3) is 2.60. The molecule has 0 bridgehead atoms. The summed E-state index contributed by atoms with van der Waals surface area (Å²) in [6.45, 7) is 3.54. The van der Waals surface area contributed by atoms with Gasteiger partial charge in [0.15, 0.2) is 0 Å². The molecule has 0 saturated heterocycles. The number of hydrogen-bond donors (Lipinski definition) is 2. The van der Waals surface area contributed by atoms with E-state index in [0.717, 1.165) is 10.2 Å². The van der Waals surface area contributed by atoms with Crippen LogP contribution in [0.3, 0.4) is 0 Å².